The van der Waals surface area contributed by atoms with Crippen LogP contribution < -0.4 is 16.8 Å². The normalized spacial score (nSPS) is 13.0. The van der Waals surface area contributed by atoms with Gasteiger partial charge in [-0.05, 0) is 33.2 Å². The summed E-state index contributed by atoms with van der Waals surface area (Å²) in [5.41, 5.74) is 11.0. The van der Waals surface area contributed by atoms with Crippen molar-refractivity contribution in [2.75, 3.05) is 6.54 Å². The number of nitrogens with two attached hydrogens (primary N) is 2. The van der Waals surface area contributed by atoms with Crippen LogP contribution in [0.15, 0.2) is 0 Å². The molecule has 0 aliphatic rings. The van der Waals surface area contributed by atoms with E-state index in [0.717, 1.165) is 19.3 Å². The largest absolute Gasteiger partial charge is 0.353 e. The maximum absolute atomic E-state index is 11.3. The summed E-state index contributed by atoms with van der Waals surface area (Å²) in [6, 6.07) is -0.220. The zero-order chi connectivity index (χ0) is 10.3. The molecule has 0 rings (SSSR count). The predicted octanol–water partition coefficient (Wildman–Crippen LogP) is -0.0327. The number of carbonyl (C=O) groups is 1. The molecule has 4 heteroatoms. The Morgan fingerprint density at radius 2 is 2.00 bits per heavy atom. The van der Waals surface area contributed by atoms with Gasteiger partial charge in [0, 0.05) is 6.04 Å². The lowest BCUT2D eigenvalue weighted by molar-refractivity contribution is -0.123. The van der Waals surface area contributed by atoms with Crippen LogP contribution in [0.3, 0.4) is 0 Å². The summed E-state index contributed by atoms with van der Waals surface area (Å²) in [7, 11) is 0. The van der Waals surface area contributed by atoms with Crippen molar-refractivity contribution >= 4 is 5.91 Å². The molecule has 0 saturated heterocycles. The SMILES string of the molecule is CC(C)NC(=O)[C@@H](N)CCCCN. The summed E-state index contributed by atoms with van der Waals surface area (Å²) in [5, 5.41) is 2.77. The molecule has 78 valence electrons. The second-order valence-corrected chi connectivity index (χ2v) is 3.55. The highest BCUT2D eigenvalue weighted by molar-refractivity contribution is 5.81. The summed E-state index contributed by atoms with van der Waals surface area (Å²) in [4.78, 5) is 11.3. The zero-order valence-corrected chi connectivity index (χ0v) is 8.55. The lowest BCUT2D eigenvalue weighted by atomic mass is 10.1. The van der Waals surface area contributed by atoms with Gasteiger partial charge in [-0.3, -0.25) is 4.79 Å². The molecule has 0 unspecified atom stereocenters. The third-order valence-electron chi connectivity index (χ3n) is 1.74. The van der Waals surface area contributed by atoms with Crippen molar-refractivity contribution in [2.45, 2.75) is 45.2 Å². The van der Waals surface area contributed by atoms with Crippen LogP contribution in [0.4, 0.5) is 0 Å². The van der Waals surface area contributed by atoms with Crippen LogP contribution in [0.5, 0.6) is 0 Å². The third-order valence-corrected chi connectivity index (χ3v) is 1.74. The fraction of sp³-hybridized carbons (Fsp3) is 0.889. The molecule has 4 nitrogen and oxygen atoms in total. The molecule has 0 bridgehead atoms. The Labute approximate surface area is 80.0 Å². The Bertz CT molecular complexity index is 148. The van der Waals surface area contributed by atoms with Crippen molar-refractivity contribution in [3.05, 3.63) is 0 Å². The molecule has 0 aliphatic carbocycles. The standard InChI is InChI=1S/C9H21N3O/c1-7(2)12-9(13)8(11)5-3-4-6-10/h7-8H,3-6,10-11H2,1-2H3,(H,12,13)/t8-/m0/s1. The van der Waals surface area contributed by atoms with E-state index in [2.05, 4.69) is 5.32 Å². The number of hydrogen-bond acceptors (Lipinski definition) is 3. The smallest absolute Gasteiger partial charge is 0.237 e. The van der Waals surface area contributed by atoms with E-state index in [1.165, 1.54) is 0 Å². The fourth-order valence-corrected chi connectivity index (χ4v) is 1.03. The van der Waals surface area contributed by atoms with E-state index in [-0.39, 0.29) is 18.0 Å². The lowest BCUT2D eigenvalue weighted by Gasteiger charge is -2.13. The predicted molar refractivity (Wildman–Crippen MR) is 54.2 cm³/mol. The van der Waals surface area contributed by atoms with Crippen LogP contribution in [-0.2, 0) is 4.79 Å². The van der Waals surface area contributed by atoms with E-state index in [1.54, 1.807) is 0 Å². The molecule has 0 saturated carbocycles. The van der Waals surface area contributed by atoms with Crippen molar-refractivity contribution in [2.24, 2.45) is 11.5 Å². The monoisotopic (exact) mass is 187 g/mol. The topological polar surface area (TPSA) is 81.1 Å². The number of unbranched alkanes of at least 4 members (excludes halogenated alkanes) is 1. The summed E-state index contributed by atoms with van der Waals surface area (Å²) in [6.07, 6.45) is 2.57. The van der Waals surface area contributed by atoms with Gasteiger partial charge >= 0.3 is 0 Å². The first-order chi connectivity index (χ1) is 6.07. The number of hydrogen-bond donors (Lipinski definition) is 3. The Hall–Kier alpha value is -0.610. The summed E-state index contributed by atoms with van der Waals surface area (Å²) in [6.45, 7) is 4.51. The van der Waals surface area contributed by atoms with Crippen LogP contribution >= 0.6 is 0 Å². The maximum Gasteiger partial charge on any atom is 0.237 e. The molecule has 1 atom stereocenters. The highest BCUT2D eigenvalue weighted by Crippen LogP contribution is 1.98. The van der Waals surface area contributed by atoms with Crippen molar-refractivity contribution in [1.29, 1.82) is 0 Å². The van der Waals surface area contributed by atoms with E-state index in [1.807, 2.05) is 13.8 Å². The molecule has 0 aromatic heterocycles. The van der Waals surface area contributed by atoms with Crippen molar-refractivity contribution < 1.29 is 4.79 Å². The third kappa shape index (κ3) is 6.54. The van der Waals surface area contributed by atoms with Gasteiger partial charge in [0.15, 0.2) is 0 Å². The molecule has 0 aromatic carbocycles. The first-order valence-electron chi connectivity index (χ1n) is 4.84. The van der Waals surface area contributed by atoms with Crippen LogP contribution in [0.25, 0.3) is 0 Å². The molecule has 0 spiro atoms. The van der Waals surface area contributed by atoms with Crippen LogP contribution in [0, 0.1) is 0 Å². The minimum Gasteiger partial charge on any atom is -0.353 e. The first kappa shape index (κ1) is 12.4. The second-order valence-electron chi connectivity index (χ2n) is 3.55. The van der Waals surface area contributed by atoms with Gasteiger partial charge in [0.1, 0.15) is 0 Å². The average Bonchev–Trinajstić information content (AvgIpc) is 2.03. The molecule has 0 aliphatic heterocycles. The molecule has 0 aromatic rings. The molecular weight excluding hydrogens is 166 g/mol. The van der Waals surface area contributed by atoms with E-state index in [0.29, 0.717) is 6.54 Å². The van der Waals surface area contributed by atoms with Gasteiger partial charge in [-0.25, -0.2) is 0 Å². The summed E-state index contributed by atoms with van der Waals surface area (Å²) < 4.78 is 0. The van der Waals surface area contributed by atoms with E-state index in [9.17, 15) is 4.79 Å². The highest BCUT2D eigenvalue weighted by atomic mass is 16.2. The van der Waals surface area contributed by atoms with Gasteiger partial charge < -0.3 is 16.8 Å². The van der Waals surface area contributed by atoms with E-state index >= 15 is 0 Å². The van der Waals surface area contributed by atoms with Gasteiger partial charge in [0.05, 0.1) is 6.04 Å². The van der Waals surface area contributed by atoms with Gasteiger partial charge in [-0.15, -0.1) is 0 Å². The van der Waals surface area contributed by atoms with Crippen molar-refractivity contribution in [3.8, 4) is 0 Å². The van der Waals surface area contributed by atoms with E-state index < -0.39 is 0 Å². The quantitative estimate of drug-likeness (QED) is 0.511. The first-order valence-corrected chi connectivity index (χ1v) is 4.84. The minimum absolute atomic E-state index is 0.0629. The van der Waals surface area contributed by atoms with Gasteiger partial charge in [-0.2, -0.15) is 0 Å². The van der Waals surface area contributed by atoms with E-state index in [4.69, 9.17) is 11.5 Å². The molecule has 13 heavy (non-hydrogen) atoms. The molecule has 0 radical (unpaired) electrons. The van der Waals surface area contributed by atoms with Crippen LogP contribution in [0.2, 0.25) is 0 Å². The van der Waals surface area contributed by atoms with Crippen LogP contribution in [0.1, 0.15) is 33.1 Å². The summed E-state index contributed by atoms with van der Waals surface area (Å²) in [5.74, 6) is -0.0629. The van der Waals surface area contributed by atoms with Gasteiger partial charge in [0.2, 0.25) is 5.91 Å². The number of nitrogens with one attached hydrogen (secondary N) is 1. The average molecular weight is 187 g/mol. The molecule has 0 fully saturated rings. The maximum atomic E-state index is 11.3. The van der Waals surface area contributed by atoms with Crippen molar-refractivity contribution in [1.82, 2.24) is 5.32 Å². The number of amides is 1. The second kappa shape index (κ2) is 6.86. The number of carbonyl (C=O) groups excluding carboxylic acids is 1. The Kier molecular flexibility index (Phi) is 6.54. The Morgan fingerprint density at radius 3 is 2.46 bits per heavy atom. The van der Waals surface area contributed by atoms with Gasteiger partial charge in [-0.1, -0.05) is 6.42 Å². The minimum atomic E-state index is -0.381. The molecular formula is C9H21N3O. The number of rotatable bonds is 6. The molecule has 1 amide bonds. The van der Waals surface area contributed by atoms with Gasteiger partial charge in [0.25, 0.3) is 0 Å². The highest BCUT2D eigenvalue weighted by Gasteiger charge is 2.12. The van der Waals surface area contributed by atoms with Crippen molar-refractivity contribution in [3.63, 3.8) is 0 Å². The summed E-state index contributed by atoms with van der Waals surface area (Å²) >= 11 is 0. The zero-order valence-electron chi connectivity index (χ0n) is 8.55. The lowest BCUT2D eigenvalue weighted by Crippen LogP contribution is -2.43. The fourth-order valence-electron chi connectivity index (χ4n) is 1.03. The molecule has 5 N–H and O–H groups in total. The Balaban J connectivity index is 3.57. The molecule has 0 heterocycles. The Morgan fingerprint density at radius 1 is 1.38 bits per heavy atom. The van der Waals surface area contributed by atoms with Crippen LogP contribution in [-0.4, -0.2) is 24.5 Å².